The fourth-order valence-electron chi connectivity index (χ4n) is 8.11. The Morgan fingerprint density at radius 1 is 0.643 bits per heavy atom. The van der Waals surface area contributed by atoms with Crippen molar-refractivity contribution < 1.29 is 47.7 Å². The first-order valence-electron chi connectivity index (χ1n) is 22.5. The van der Waals surface area contributed by atoms with E-state index >= 15 is 9.59 Å². The quantitative estimate of drug-likeness (QED) is 0.0716. The number of nitrogens with zero attached hydrogens (tertiary/aromatic N) is 2. The summed E-state index contributed by atoms with van der Waals surface area (Å²) in [5.41, 5.74) is 2.15. The zero-order valence-electron chi connectivity index (χ0n) is 38.7. The second kappa shape index (κ2) is 23.8. The Labute approximate surface area is 406 Å². The molecule has 1 heterocycles. The van der Waals surface area contributed by atoms with Crippen LogP contribution in [0.5, 0.6) is 11.5 Å². The Kier molecular flexibility index (Phi) is 16.7. The van der Waals surface area contributed by atoms with Gasteiger partial charge in [-0.15, -0.1) is 0 Å². The van der Waals surface area contributed by atoms with Crippen LogP contribution in [0.2, 0.25) is 0 Å². The third-order valence-corrected chi connectivity index (χ3v) is 11.6. The van der Waals surface area contributed by atoms with Crippen LogP contribution in [0.25, 0.3) is 5.70 Å². The fraction of sp³-hybridized carbons (Fsp3) is 0.200. The number of esters is 1. The lowest BCUT2D eigenvalue weighted by Gasteiger charge is -2.47. The summed E-state index contributed by atoms with van der Waals surface area (Å²) in [7, 11) is 2.97. The average Bonchev–Trinajstić information content (AvgIpc) is 3.40. The fourth-order valence-corrected chi connectivity index (χ4v) is 8.11. The van der Waals surface area contributed by atoms with Gasteiger partial charge in [0, 0.05) is 29.8 Å². The number of ether oxygens (including phenoxy) is 4. The predicted molar refractivity (Wildman–Crippen MR) is 260 cm³/mol. The smallest absolute Gasteiger partial charge is 0.407 e. The van der Waals surface area contributed by atoms with E-state index in [4.69, 9.17) is 18.9 Å². The van der Waals surface area contributed by atoms with Crippen molar-refractivity contribution in [1.82, 2.24) is 25.8 Å². The SMILES string of the molecule is COc1ccc(CN(CC(=O)N[C@@]2(c3ccccc3)C(=O)N(CC(=O)NCC(=O)OCc3ccccc3)C(c3ccccc3)=C[C@H]2c2ccccc2)C(=O)CNC(=O)OCc2ccccc2)c(OC)c1. The van der Waals surface area contributed by atoms with E-state index in [1.807, 2.05) is 103 Å². The van der Waals surface area contributed by atoms with Crippen LogP contribution in [0, 0.1) is 0 Å². The van der Waals surface area contributed by atoms with E-state index in [2.05, 4.69) is 16.0 Å². The first-order chi connectivity index (χ1) is 34.1. The molecule has 6 aromatic rings. The summed E-state index contributed by atoms with van der Waals surface area (Å²) in [5.74, 6) is -3.43. The molecule has 0 bridgehead atoms. The van der Waals surface area contributed by atoms with Crippen molar-refractivity contribution in [3.8, 4) is 11.5 Å². The van der Waals surface area contributed by atoms with Gasteiger partial charge in [-0.05, 0) is 46.0 Å². The van der Waals surface area contributed by atoms with Crippen LogP contribution in [0.3, 0.4) is 0 Å². The molecule has 15 nitrogen and oxygen atoms in total. The van der Waals surface area contributed by atoms with Gasteiger partial charge in [0.25, 0.3) is 5.91 Å². The molecule has 5 amide bonds. The van der Waals surface area contributed by atoms with E-state index in [0.29, 0.717) is 39.4 Å². The summed E-state index contributed by atoms with van der Waals surface area (Å²) in [4.78, 5) is 87.2. The van der Waals surface area contributed by atoms with E-state index in [1.165, 1.54) is 24.0 Å². The number of benzene rings is 6. The van der Waals surface area contributed by atoms with Gasteiger partial charge in [0.2, 0.25) is 17.7 Å². The second-order valence-corrected chi connectivity index (χ2v) is 16.2. The predicted octanol–water partition coefficient (Wildman–Crippen LogP) is 6.50. The van der Waals surface area contributed by atoms with Crippen molar-refractivity contribution in [3.05, 3.63) is 209 Å². The van der Waals surface area contributed by atoms with Crippen LogP contribution >= 0.6 is 0 Å². The normalized spacial score (nSPS) is 15.1. The molecule has 1 aliphatic heterocycles. The minimum Gasteiger partial charge on any atom is -0.497 e. The van der Waals surface area contributed by atoms with E-state index in [0.717, 1.165) is 11.1 Å². The molecule has 70 heavy (non-hydrogen) atoms. The molecule has 0 aromatic heterocycles. The number of hydrogen-bond acceptors (Lipinski definition) is 10. The minimum atomic E-state index is -1.93. The number of hydrogen-bond donors (Lipinski definition) is 3. The van der Waals surface area contributed by atoms with Crippen LogP contribution in [0.15, 0.2) is 176 Å². The van der Waals surface area contributed by atoms with Crippen molar-refractivity contribution in [3.63, 3.8) is 0 Å². The summed E-state index contributed by atoms with van der Waals surface area (Å²) in [6.07, 6.45) is 0.996. The summed E-state index contributed by atoms with van der Waals surface area (Å²) in [6.45, 7) is -2.34. The highest BCUT2D eigenvalue weighted by atomic mass is 16.5. The van der Waals surface area contributed by atoms with Crippen LogP contribution in [-0.4, -0.2) is 85.9 Å². The van der Waals surface area contributed by atoms with Gasteiger partial charge in [-0.2, -0.15) is 0 Å². The van der Waals surface area contributed by atoms with Crippen LogP contribution < -0.4 is 25.4 Å². The Morgan fingerprint density at radius 2 is 1.23 bits per heavy atom. The topological polar surface area (TPSA) is 182 Å². The standard InChI is InChI=1S/C55H53N5O10/c1-67-45-29-28-43(48(30-45)68-2)34-59(51(63)32-57-54(66)70-38-40-20-10-4-11-21-40)35-50(62)58-55(44-26-16-7-17-27-44)46(41-22-12-5-13-23-41)31-47(42-24-14-6-15-25-42)60(53(55)65)36-49(61)56-33-52(64)69-37-39-18-8-3-9-19-39/h3-31,46H,32-38H2,1-2H3,(H,56,61)(H,57,66)(H,58,62)/t46-,55+/m0/s1. The number of carbonyl (C=O) groups is 6. The van der Waals surface area contributed by atoms with Crippen LogP contribution in [0.1, 0.15) is 39.3 Å². The van der Waals surface area contributed by atoms with Gasteiger partial charge in [-0.1, -0.05) is 152 Å². The number of carbonyl (C=O) groups excluding carboxylic acids is 6. The lowest BCUT2D eigenvalue weighted by molar-refractivity contribution is -0.146. The zero-order valence-corrected chi connectivity index (χ0v) is 38.7. The molecule has 1 aliphatic rings. The minimum absolute atomic E-state index is 0.00961. The molecule has 0 unspecified atom stereocenters. The van der Waals surface area contributed by atoms with Crippen molar-refractivity contribution >= 4 is 41.4 Å². The van der Waals surface area contributed by atoms with E-state index < -0.39 is 73.3 Å². The van der Waals surface area contributed by atoms with Gasteiger partial charge < -0.3 is 44.7 Å². The molecular formula is C55H53N5O10. The molecule has 358 valence electrons. The van der Waals surface area contributed by atoms with Gasteiger partial charge in [0.05, 0.1) is 20.8 Å². The molecule has 0 saturated carbocycles. The maximum Gasteiger partial charge on any atom is 0.407 e. The molecule has 0 spiro atoms. The molecule has 2 atom stereocenters. The summed E-state index contributed by atoms with van der Waals surface area (Å²) < 4.78 is 21.8. The van der Waals surface area contributed by atoms with E-state index in [1.54, 1.807) is 72.8 Å². The third kappa shape index (κ3) is 12.4. The number of rotatable bonds is 20. The Hall–Kier alpha value is -8.72. The summed E-state index contributed by atoms with van der Waals surface area (Å²) >= 11 is 0. The molecule has 0 fully saturated rings. The average molecular weight is 944 g/mol. The molecule has 0 aliphatic carbocycles. The Balaban J connectivity index is 1.22. The van der Waals surface area contributed by atoms with Gasteiger partial charge in [0.1, 0.15) is 44.3 Å². The van der Waals surface area contributed by atoms with E-state index in [-0.39, 0.29) is 19.8 Å². The third-order valence-electron chi connectivity index (χ3n) is 11.6. The molecule has 7 rings (SSSR count). The van der Waals surface area contributed by atoms with Crippen molar-refractivity contribution in [2.24, 2.45) is 0 Å². The number of methoxy groups -OCH3 is 2. The summed E-state index contributed by atoms with van der Waals surface area (Å²) in [5, 5.41) is 8.18. The first-order valence-corrected chi connectivity index (χ1v) is 22.5. The molecule has 0 saturated heterocycles. The largest absolute Gasteiger partial charge is 0.497 e. The number of amides is 5. The lowest BCUT2D eigenvalue weighted by Crippen LogP contribution is -2.64. The second-order valence-electron chi connectivity index (χ2n) is 16.2. The van der Waals surface area contributed by atoms with Gasteiger partial charge in [-0.25, -0.2) is 4.79 Å². The van der Waals surface area contributed by atoms with E-state index in [9.17, 15) is 19.2 Å². The maximum absolute atomic E-state index is 15.9. The Bertz CT molecular complexity index is 2780. The van der Waals surface area contributed by atoms with Crippen molar-refractivity contribution in [1.29, 1.82) is 0 Å². The molecular weight excluding hydrogens is 891 g/mol. The maximum atomic E-state index is 15.9. The van der Waals surface area contributed by atoms with Gasteiger partial charge >= 0.3 is 12.1 Å². The first kappa shape index (κ1) is 49.2. The molecule has 15 heteroatoms. The van der Waals surface area contributed by atoms with Crippen molar-refractivity contribution in [2.75, 3.05) is 40.4 Å². The monoisotopic (exact) mass is 943 g/mol. The number of nitrogens with one attached hydrogen (secondary N) is 3. The Morgan fingerprint density at radius 3 is 1.84 bits per heavy atom. The summed E-state index contributed by atoms with van der Waals surface area (Å²) in [6, 6.07) is 50.1. The lowest BCUT2D eigenvalue weighted by atomic mass is 9.70. The van der Waals surface area contributed by atoms with Gasteiger partial charge in [-0.3, -0.25) is 24.0 Å². The molecule has 3 N–H and O–H groups in total. The van der Waals surface area contributed by atoms with Crippen LogP contribution in [0.4, 0.5) is 4.79 Å². The van der Waals surface area contributed by atoms with Crippen LogP contribution in [-0.2, 0) is 58.7 Å². The highest BCUT2D eigenvalue weighted by molar-refractivity contribution is 6.03. The molecule has 6 aromatic carbocycles. The van der Waals surface area contributed by atoms with Crippen molar-refractivity contribution in [2.45, 2.75) is 31.2 Å². The highest BCUT2D eigenvalue weighted by Gasteiger charge is 2.54. The van der Waals surface area contributed by atoms with Gasteiger partial charge in [0.15, 0.2) is 5.54 Å². The number of alkyl carbamates (subject to hydrolysis) is 1. The zero-order chi connectivity index (χ0) is 49.3. The molecule has 0 radical (unpaired) electrons. The highest BCUT2D eigenvalue weighted by Crippen LogP contribution is 2.46.